The molecular formula is C23H25F3N4O. The first kappa shape index (κ1) is 21.2. The monoisotopic (exact) mass is 430 g/mol. The number of carbonyl (C=O) groups is 1. The average molecular weight is 430 g/mol. The molecule has 1 saturated heterocycles. The molecule has 0 spiro atoms. The predicted octanol–water partition coefficient (Wildman–Crippen LogP) is 5.28. The SMILES string of the molecule is CC1=NCC(=O)Nc2ccc(Nc3ccc(N4CCC(C(F)(F)F)CC4)cc3C)cc21. The molecule has 0 aliphatic carbocycles. The maximum atomic E-state index is 12.9. The number of amides is 1. The number of piperidine rings is 1. The fraction of sp³-hybridized carbons (Fsp3) is 0.391. The van der Waals surface area contributed by atoms with Crippen LogP contribution in [0.4, 0.5) is 35.9 Å². The minimum absolute atomic E-state index is 0.115. The zero-order valence-electron chi connectivity index (χ0n) is 17.5. The molecule has 0 bridgehead atoms. The van der Waals surface area contributed by atoms with Gasteiger partial charge < -0.3 is 15.5 Å². The Balaban J connectivity index is 1.48. The fourth-order valence-electron chi connectivity index (χ4n) is 4.10. The van der Waals surface area contributed by atoms with E-state index in [1.165, 1.54) is 0 Å². The van der Waals surface area contributed by atoms with Gasteiger partial charge in [0.05, 0.1) is 5.92 Å². The normalized spacial score (nSPS) is 17.5. The molecule has 1 amide bonds. The third-order valence-corrected chi connectivity index (χ3v) is 5.96. The van der Waals surface area contributed by atoms with Gasteiger partial charge in [-0.05, 0) is 68.7 Å². The van der Waals surface area contributed by atoms with E-state index in [2.05, 4.69) is 15.6 Å². The Morgan fingerprint density at radius 3 is 2.52 bits per heavy atom. The summed E-state index contributed by atoms with van der Waals surface area (Å²) >= 11 is 0. The van der Waals surface area contributed by atoms with E-state index in [9.17, 15) is 18.0 Å². The lowest BCUT2D eigenvalue weighted by Gasteiger charge is -2.34. The minimum atomic E-state index is -4.10. The van der Waals surface area contributed by atoms with E-state index in [0.29, 0.717) is 13.1 Å². The Bertz CT molecular complexity index is 1020. The van der Waals surface area contributed by atoms with Crippen LogP contribution in [-0.4, -0.2) is 37.4 Å². The molecule has 2 N–H and O–H groups in total. The van der Waals surface area contributed by atoms with Crippen LogP contribution < -0.4 is 15.5 Å². The number of carbonyl (C=O) groups excluding carboxylic acids is 1. The summed E-state index contributed by atoms with van der Waals surface area (Å²) in [6, 6.07) is 11.6. The summed E-state index contributed by atoms with van der Waals surface area (Å²) in [6.07, 6.45) is -3.83. The van der Waals surface area contributed by atoms with Gasteiger partial charge in [-0.2, -0.15) is 13.2 Å². The van der Waals surface area contributed by atoms with Gasteiger partial charge in [-0.3, -0.25) is 9.79 Å². The second kappa shape index (κ2) is 8.24. The summed E-state index contributed by atoms with van der Waals surface area (Å²) in [5.41, 5.74) is 6.14. The summed E-state index contributed by atoms with van der Waals surface area (Å²) in [4.78, 5) is 18.1. The molecule has 1 fully saturated rings. The third-order valence-electron chi connectivity index (χ3n) is 5.96. The number of anilines is 4. The highest BCUT2D eigenvalue weighted by Crippen LogP contribution is 2.36. The van der Waals surface area contributed by atoms with Crippen molar-refractivity contribution in [3.05, 3.63) is 47.5 Å². The molecule has 2 aromatic rings. The van der Waals surface area contributed by atoms with Crippen LogP contribution in [0.15, 0.2) is 41.4 Å². The van der Waals surface area contributed by atoms with Crippen LogP contribution in [0.5, 0.6) is 0 Å². The summed E-state index contributed by atoms with van der Waals surface area (Å²) in [5, 5.41) is 6.25. The smallest absolute Gasteiger partial charge is 0.371 e. The van der Waals surface area contributed by atoms with Crippen LogP contribution in [0.1, 0.15) is 30.9 Å². The molecule has 31 heavy (non-hydrogen) atoms. The number of hydrogen-bond donors (Lipinski definition) is 2. The van der Waals surface area contributed by atoms with Gasteiger partial charge in [0.1, 0.15) is 6.54 Å². The predicted molar refractivity (Wildman–Crippen MR) is 118 cm³/mol. The molecule has 164 valence electrons. The van der Waals surface area contributed by atoms with Crippen LogP contribution in [0, 0.1) is 12.8 Å². The number of rotatable bonds is 3. The Kier molecular flexibility index (Phi) is 5.64. The molecule has 0 atom stereocenters. The van der Waals surface area contributed by atoms with E-state index in [0.717, 1.165) is 39.6 Å². The summed E-state index contributed by atoms with van der Waals surface area (Å²) < 4.78 is 38.7. The van der Waals surface area contributed by atoms with Crippen LogP contribution in [0.25, 0.3) is 0 Å². The van der Waals surface area contributed by atoms with E-state index in [1.807, 2.05) is 55.1 Å². The molecule has 0 aromatic heterocycles. The molecule has 2 aliphatic rings. The van der Waals surface area contributed by atoms with Crippen LogP contribution >= 0.6 is 0 Å². The second-order valence-corrected chi connectivity index (χ2v) is 8.14. The number of benzene rings is 2. The summed E-state index contributed by atoms with van der Waals surface area (Å²) in [6.45, 7) is 4.79. The highest BCUT2D eigenvalue weighted by atomic mass is 19.4. The molecule has 2 aromatic carbocycles. The Morgan fingerprint density at radius 1 is 1.10 bits per heavy atom. The first-order valence-electron chi connectivity index (χ1n) is 10.4. The Morgan fingerprint density at radius 2 is 1.84 bits per heavy atom. The number of aryl methyl sites for hydroxylation is 1. The number of fused-ring (bicyclic) bond motifs is 1. The molecule has 0 radical (unpaired) electrons. The van der Waals surface area contributed by atoms with Gasteiger partial charge in [0.2, 0.25) is 5.91 Å². The first-order valence-corrected chi connectivity index (χ1v) is 10.4. The summed E-state index contributed by atoms with van der Waals surface area (Å²) in [7, 11) is 0. The molecular weight excluding hydrogens is 405 g/mol. The average Bonchev–Trinajstić information content (AvgIpc) is 2.87. The van der Waals surface area contributed by atoms with Crippen molar-refractivity contribution < 1.29 is 18.0 Å². The first-order chi connectivity index (χ1) is 14.7. The van der Waals surface area contributed by atoms with Crippen molar-refractivity contribution in [2.24, 2.45) is 10.9 Å². The molecule has 4 rings (SSSR count). The largest absolute Gasteiger partial charge is 0.391 e. The number of nitrogens with zero attached hydrogens (tertiary/aromatic N) is 2. The Hall–Kier alpha value is -3.03. The van der Waals surface area contributed by atoms with Gasteiger partial charge in [-0.25, -0.2) is 0 Å². The van der Waals surface area contributed by atoms with Gasteiger partial charge >= 0.3 is 6.18 Å². The lowest BCUT2D eigenvalue weighted by molar-refractivity contribution is -0.179. The van der Waals surface area contributed by atoms with E-state index in [1.54, 1.807) is 0 Å². The van der Waals surface area contributed by atoms with Gasteiger partial charge in [-0.15, -0.1) is 0 Å². The van der Waals surface area contributed by atoms with Gasteiger partial charge in [0.15, 0.2) is 0 Å². The second-order valence-electron chi connectivity index (χ2n) is 8.14. The van der Waals surface area contributed by atoms with Crippen molar-refractivity contribution in [1.29, 1.82) is 0 Å². The quantitative estimate of drug-likeness (QED) is 0.697. The zero-order chi connectivity index (χ0) is 22.2. The van der Waals surface area contributed by atoms with Crippen molar-refractivity contribution >= 4 is 34.4 Å². The molecule has 0 unspecified atom stereocenters. The highest BCUT2D eigenvalue weighted by molar-refractivity contribution is 6.10. The van der Waals surface area contributed by atoms with Crippen molar-refractivity contribution in [1.82, 2.24) is 0 Å². The topological polar surface area (TPSA) is 56.7 Å². The number of hydrogen-bond acceptors (Lipinski definition) is 4. The standard InChI is InChI=1S/C23H25F3N4O/c1-14-11-18(30-9-7-16(8-10-30)23(24,25)26)4-6-20(14)28-17-3-5-21-19(12-17)15(2)27-13-22(31)29-21/h3-6,11-12,16,28H,7-10,13H2,1-2H3,(H,29,31). The van der Waals surface area contributed by atoms with E-state index < -0.39 is 12.1 Å². The molecule has 0 saturated carbocycles. The van der Waals surface area contributed by atoms with E-state index in [4.69, 9.17) is 0 Å². The number of halogens is 3. The molecule has 2 heterocycles. The van der Waals surface area contributed by atoms with Crippen molar-refractivity contribution in [3.63, 3.8) is 0 Å². The lowest BCUT2D eigenvalue weighted by Crippen LogP contribution is -2.39. The van der Waals surface area contributed by atoms with Gasteiger partial charge in [0.25, 0.3) is 0 Å². The van der Waals surface area contributed by atoms with E-state index >= 15 is 0 Å². The van der Waals surface area contributed by atoms with Crippen LogP contribution in [0.3, 0.4) is 0 Å². The molecule has 5 nitrogen and oxygen atoms in total. The molecule has 2 aliphatic heterocycles. The number of benzodiazepines with no additional fused rings is 1. The number of aliphatic imine (C=N–C) groups is 1. The lowest BCUT2D eigenvalue weighted by atomic mass is 9.95. The van der Waals surface area contributed by atoms with Gasteiger partial charge in [-0.1, -0.05) is 0 Å². The van der Waals surface area contributed by atoms with Crippen LogP contribution in [0.2, 0.25) is 0 Å². The third kappa shape index (κ3) is 4.68. The molecule has 8 heteroatoms. The maximum Gasteiger partial charge on any atom is 0.391 e. The minimum Gasteiger partial charge on any atom is -0.371 e. The summed E-state index contributed by atoms with van der Waals surface area (Å²) in [5.74, 6) is -1.33. The number of nitrogens with one attached hydrogen (secondary N) is 2. The Labute approximate surface area is 179 Å². The van der Waals surface area contributed by atoms with Crippen molar-refractivity contribution in [2.75, 3.05) is 35.2 Å². The van der Waals surface area contributed by atoms with Crippen molar-refractivity contribution in [3.8, 4) is 0 Å². The maximum absolute atomic E-state index is 12.9. The fourth-order valence-corrected chi connectivity index (χ4v) is 4.10. The zero-order valence-corrected chi connectivity index (χ0v) is 17.5. The highest BCUT2D eigenvalue weighted by Gasteiger charge is 2.41. The van der Waals surface area contributed by atoms with Crippen LogP contribution in [-0.2, 0) is 4.79 Å². The van der Waals surface area contributed by atoms with E-state index in [-0.39, 0.29) is 25.3 Å². The number of alkyl halides is 3. The van der Waals surface area contributed by atoms with Crippen molar-refractivity contribution in [2.45, 2.75) is 32.9 Å². The van der Waals surface area contributed by atoms with Gasteiger partial charge in [0, 0.05) is 47.1 Å².